The Morgan fingerprint density at radius 3 is 1.96 bits per heavy atom. The van der Waals surface area contributed by atoms with Crippen LogP contribution in [0.4, 0.5) is 35.1 Å². The van der Waals surface area contributed by atoms with Crippen LogP contribution in [-0.2, 0) is 5.67 Å². The third-order valence-corrected chi connectivity index (χ3v) is 3.09. The summed E-state index contributed by atoms with van der Waals surface area (Å²) < 4.78 is 106. The molecule has 1 aromatic rings. The number of allylic oxidation sites excluding steroid dienone is 1. The molecule has 0 radical (unpaired) electrons. The Hall–Kier alpha value is -2.18. The molecule has 0 saturated heterocycles. The summed E-state index contributed by atoms with van der Waals surface area (Å²) in [5.74, 6) is -12.8. The summed E-state index contributed by atoms with van der Waals surface area (Å²) in [4.78, 5) is 3.12. The summed E-state index contributed by atoms with van der Waals surface area (Å²) >= 11 is 0. The van der Waals surface area contributed by atoms with Crippen LogP contribution in [-0.4, -0.2) is 23.0 Å². The molecule has 1 heterocycles. The van der Waals surface area contributed by atoms with Crippen molar-refractivity contribution in [2.45, 2.75) is 37.0 Å². The van der Waals surface area contributed by atoms with Gasteiger partial charge in [-0.05, 0) is 19.1 Å². The number of hydrogen-bond acceptors (Lipinski definition) is 2. The third kappa shape index (κ3) is 3.07. The topological polar surface area (TPSA) is 36.7 Å². The molecule has 0 aliphatic heterocycles. The molecular weight excluding hydrogens is 348 g/mol. The molecular formula is C14H10F8N2. The Kier molecular flexibility index (Phi) is 4.99. The Bertz CT molecular complexity index is 657. The van der Waals surface area contributed by atoms with Crippen molar-refractivity contribution in [3.8, 4) is 6.07 Å². The maximum absolute atomic E-state index is 14.9. The Balaban J connectivity index is 3.60. The third-order valence-electron chi connectivity index (χ3n) is 3.09. The van der Waals surface area contributed by atoms with Crippen LogP contribution in [0, 0.1) is 11.3 Å². The molecule has 10 heteroatoms. The maximum atomic E-state index is 14.9. The van der Waals surface area contributed by atoms with Gasteiger partial charge in [0.25, 0.3) is 0 Å². The Morgan fingerprint density at radius 2 is 1.62 bits per heavy atom. The van der Waals surface area contributed by atoms with Gasteiger partial charge >= 0.3 is 18.0 Å². The standard InChI is InChI=1S/C14H10F8N2/c1-8(2)5-11(15,10-4-3-9(6-23)7-24-10)12(16,17)13(18,19)14(20,21)22/h3-4,7H,1,5H2,2H3. The first kappa shape index (κ1) is 19.9. The van der Waals surface area contributed by atoms with Gasteiger partial charge in [0.1, 0.15) is 6.07 Å². The molecule has 0 bridgehead atoms. The molecule has 0 aromatic carbocycles. The van der Waals surface area contributed by atoms with E-state index >= 15 is 0 Å². The molecule has 1 unspecified atom stereocenters. The van der Waals surface area contributed by atoms with E-state index in [0.717, 1.165) is 13.0 Å². The zero-order chi connectivity index (χ0) is 19.0. The van der Waals surface area contributed by atoms with Crippen LogP contribution >= 0.6 is 0 Å². The van der Waals surface area contributed by atoms with Gasteiger partial charge in [0.2, 0.25) is 5.67 Å². The van der Waals surface area contributed by atoms with E-state index in [2.05, 4.69) is 11.6 Å². The van der Waals surface area contributed by atoms with E-state index < -0.39 is 41.4 Å². The number of alkyl halides is 8. The van der Waals surface area contributed by atoms with Crippen molar-refractivity contribution in [3.05, 3.63) is 41.7 Å². The smallest absolute Gasteiger partial charge is 0.256 e. The van der Waals surface area contributed by atoms with Gasteiger partial charge in [-0.3, -0.25) is 4.98 Å². The quantitative estimate of drug-likeness (QED) is 0.554. The predicted octanol–water partition coefficient (Wildman–Crippen LogP) is 4.92. The van der Waals surface area contributed by atoms with Gasteiger partial charge in [-0.1, -0.05) is 5.57 Å². The molecule has 2 nitrogen and oxygen atoms in total. The number of aromatic nitrogens is 1. The van der Waals surface area contributed by atoms with E-state index in [4.69, 9.17) is 5.26 Å². The van der Waals surface area contributed by atoms with Gasteiger partial charge in [-0.2, -0.15) is 36.0 Å². The van der Waals surface area contributed by atoms with Gasteiger partial charge in [0, 0.05) is 12.6 Å². The number of nitrogens with zero attached hydrogens (tertiary/aromatic N) is 2. The molecule has 0 aliphatic rings. The molecule has 1 rings (SSSR count). The van der Waals surface area contributed by atoms with Crippen LogP contribution in [0.5, 0.6) is 0 Å². The lowest BCUT2D eigenvalue weighted by molar-refractivity contribution is -0.382. The highest BCUT2D eigenvalue weighted by atomic mass is 19.4. The van der Waals surface area contributed by atoms with Gasteiger partial charge < -0.3 is 0 Å². The van der Waals surface area contributed by atoms with Gasteiger partial charge in [0.05, 0.1) is 11.3 Å². The minimum atomic E-state index is -6.69. The number of rotatable bonds is 5. The lowest BCUT2D eigenvalue weighted by atomic mass is 9.83. The van der Waals surface area contributed by atoms with Crippen molar-refractivity contribution in [2.75, 3.05) is 0 Å². The average Bonchev–Trinajstić information content (AvgIpc) is 2.45. The number of nitriles is 1. The lowest BCUT2D eigenvalue weighted by Gasteiger charge is -2.38. The van der Waals surface area contributed by atoms with Crippen LogP contribution in [0.25, 0.3) is 0 Å². The fourth-order valence-corrected chi connectivity index (χ4v) is 1.90. The van der Waals surface area contributed by atoms with Crippen LogP contribution < -0.4 is 0 Å². The zero-order valence-corrected chi connectivity index (χ0v) is 12.1. The van der Waals surface area contributed by atoms with E-state index in [-0.39, 0.29) is 5.56 Å². The summed E-state index contributed by atoms with van der Waals surface area (Å²) in [6, 6.07) is 2.76. The zero-order valence-electron chi connectivity index (χ0n) is 12.1. The van der Waals surface area contributed by atoms with E-state index in [0.29, 0.717) is 12.3 Å². The van der Waals surface area contributed by atoms with E-state index in [1.807, 2.05) is 0 Å². The minimum absolute atomic E-state index is 0.220. The molecule has 0 spiro atoms. The summed E-state index contributed by atoms with van der Waals surface area (Å²) in [5, 5.41) is 8.56. The average molecular weight is 358 g/mol. The van der Waals surface area contributed by atoms with Gasteiger partial charge in [-0.25, -0.2) is 4.39 Å². The van der Waals surface area contributed by atoms with Crippen molar-refractivity contribution in [1.82, 2.24) is 4.98 Å². The lowest BCUT2D eigenvalue weighted by Crippen LogP contribution is -2.61. The van der Waals surface area contributed by atoms with E-state index in [1.165, 1.54) is 6.07 Å². The molecule has 24 heavy (non-hydrogen) atoms. The first-order chi connectivity index (χ1) is 10.7. The number of hydrogen-bond donors (Lipinski definition) is 0. The van der Waals surface area contributed by atoms with Gasteiger partial charge in [0.15, 0.2) is 0 Å². The second kappa shape index (κ2) is 6.03. The molecule has 0 amide bonds. The van der Waals surface area contributed by atoms with E-state index in [9.17, 15) is 35.1 Å². The van der Waals surface area contributed by atoms with Crippen molar-refractivity contribution in [3.63, 3.8) is 0 Å². The molecule has 0 aliphatic carbocycles. The van der Waals surface area contributed by atoms with Crippen LogP contribution in [0.3, 0.4) is 0 Å². The molecule has 0 fully saturated rings. The second-order valence-corrected chi connectivity index (χ2v) is 5.13. The first-order valence-corrected chi connectivity index (χ1v) is 6.23. The first-order valence-electron chi connectivity index (χ1n) is 6.23. The van der Waals surface area contributed by atoms with Crippen molar-refractivity contribution in [2.24, 2.45) is 0 Å². The molecule has 0 saturated carbocycles. The fourth-order valence-electron chi connectivity index (χ4n) is 1.90. The predicted molar refractivity (Wildman–Crippen MR) is 67.1 cm³/mol. The highest BCUT2D eigenvalue weighted by Gasteiger charge is 2.81. The molecule has 1 atom stereocenters. The van der Waals surface area contributed by atoms with Crippen LogP contribution in [0.1, 0.15) is 24.6 Å². The van der Waals surface area contributed by atoms with Crippen molar-refractivity contribution in [1.29, 1.82) is 5.26 Å². The number of pyridine rings is 1. The highest BCUT2D eigenvalue weighted by Crippen LogP contribution is 2.57. The number of halogens is 8. The normalized spacial score (nSPS) is 15.5. The molecule has 0 N–H and O–H groups in total. The largest absolute Gasteiger partial charge is 0.460 e. The van der Waals surface area contributed by atoms with Crippen molar-refractivity contribution < 1.29 is 35.1 Å². The second-order valence-electron chi connectivity index (χ2n) is 5.13. The minimum Gasteiger partial charge on any atom is -0.256 e. The summed E-state index contributed by atoms with van der Waals surface area (Å²) in [7, 11) is 0. The molecule has 1 aromatic heterocycles. The Labute approximate surface area is 131 Å². The van der Waals surface area contributed by atoms with E-state index in [1.54, 1.807) is 0 Å². The molecule has 132 valence electrons. The summed E-state index contributed by atoms with van der Waals surface area (Å²) in [6.07, 6.45) is -7.62. The fraction of sp³-hybridized carbons (Fsp3) is 0.429. The monoisotopic (exact) mass is 358 g/mol. The summed E-state index contributed by atoms with van der Waals surface area (Å²) in [5.41, 5.74) is -6.46. The highest BCUT2D eigenvalue weighted by molar-refractivity contribution is 5.31. The Morgan fingerprint density at radius 1 is 1.08 bits per heavy atom. The van der Waals surface area contributed by atoms with Crippen LogP contribution in [0.2, 0.25) is 0 Å². The maximum Gasteiger partial charge on any atom is 0.460 e. The SMILES string of the molecule is C=C(C)CC(F)(c1ccc(C#N)cn1)C(F)(F)C(F)(F)C(F)(F)F. The van der Waals surface area contributed by atoms with Gasteiger partial charge in [-0.15, -0.1) is 6.58 Å². The summed E-state index contributed by atoms with van der Waals surface area (Å²) in [6.45, 7) is 4.06. The van der Waals surface area contributed by atoms with Crippen LogP contribution in [0.15, 0.2) is 30.5 Å². The van der Waals surface area contributed by atoms with Crippen molar-refractivity contribution >= 4 is 0 Å².